The summed E-state index contributed by atoms with van der Waals surface area (Å²) < 4.78 is 0. The average molecular weight is 134 g/mol. The van der Waals surface area contributed by atoms with E-state index in [1.54, 1.807) is 0 Å². The van der Waals surface area contributed by atoms with Gasteiger partial charge in [0, 0.05) is 0 Å². The first-order valence-electron chi connectivity index (χ1n) is 4.59. The number of aliphatic hydroxyl groups is 1. The molecule has 0 aliphatic heterocycles. The Morgan fingerprint density at radius 3 is 1.10 bits per heavy atom. The zero-order chi connectivity index (χ0) is 6.20. The topological polar surface area (TPSA) is 20.2 Å². The maximum atomic E-state index is 9.74. The molecule has 0 radical (unpaired) electrons. The third-order valence-corrected chi connectivity index (χ3v) is 5.40. The van der Waals surface area contributed by atoms with Crippen LogP contribution in [0.15, 0.2) is 0 Å². The molecule has 6 saturated carbocycles. The summed E-state index contributed by atoms with van der Waals surface area (Å²) in [6.07, 6.45) is 0.167. The molecule has 0 heterocycles. The smallest absolute Gasteiger partial charge is 0.0607 e. The normalized spacial score (nSPS) is 97.5. The highest BCUT2D eigenvalue weighted by Crippen LogP contribution is 2.94. The summed E-state index contributed by atoms with van der Waals surface area (Å²) in [5, 5.41) is 9.74. The van der Waals surface area contributed by atoms with Crippen LogP contribution >= 0.6 is 0 Å². The van der Waals surface area contributed by atoms with Crippen LogP contribution in [-0.4, -0.2) is 11.2 Å². The lowest BCUT2D eigenvalue weighted by Gasteiger charge is -2.10. The molecule has 6 aliphatic rings. The van der Waals surface area contributed by atoms with E-state index in [-0.39, 0.29) is 6.10 Å². The molecule has 4 atom stereocenters. The number of hydrogen-bond donors (Lipinski definition) is 1. The molecule has 6 aliphatic carbocycles. The lowest BCUT2D eigenvalue weighted by atomic mass is 10.0. The predicted octanol–water partition coefficient (Wildman–Crippen LogP) is 0.345. The summed E-state index contributed by atoms with van der Waals surface area (Å²) in [6.45, 7) is 0. The van der Waals surface area contributed by atoms with E-state index < -0.39 is 0 Å². The van der Waals surface area contributed by atoms with Crippen LogP contribution < -0.4 is 0 Å². The van der Waals surface area contributed by atoms with Crippen molar-refractivity contribution in [2.24, 2.45) is 47.3 Å². The number of aliphatic hydroxyl groups excluding tert-OH is 1. The van der Waals surface area contributed by atoms with E-state index in [0.717, 1.165) is 47.3 Å². The molecular formula is C9H10O. The SMILES string of the molecule is OC1C2C3C4C1C1C2C1C34. The van der Waals surface area contributed by atoms with E-state index in [1.165, 1.54) is 0 Å². The van der Waals surface area contributed by atoms with Crippen LogP contribution in [0.3, 0.4) is 0 Å². The molecule has 1 N–H and O–H groups in total. The van der Waals surface area contributed by atoms with Crippen molar-refractivity contribution in [3.05, 3.63) is 0 Å². The highest BCUT2D eigenvalue weighted by Gasteiger charge is 2.93. The van der Waals surface area contributed by atoms with Crippen molar-refractivity contribution in [3.8, 4) is 0 Å². The lowest BCUT2D eigenvalue weighted by molar-refractivity contribution is 0.101. The van der Waals surface area contributed by atoms with Crippen molar-refractivity contribution >= 4 is 0 Å². The van der Waals surface area contributed by atoms with Crippen LogP contribution in [0.25, 0.3) is 0 Å². The second kappa shape index (κ2) is 0.781. The summed E-state index contributed by atoms with van der Waals surface area (Å²) in [5.74, 6) is 8.09. The molecular weight excluding hydrogens is 124 g/mol. The molecule has 0 aromatic carbocycles. The van der Waals surface area contributed by atoms with Crippen LogP contribution in [0.2, 0.25) is 0 Å². The van der Waals surface area contributed by atoms with Crippen LogP contribution in [0.1, 0.15) is 0 Å². The van der Waals surface area contributed by atoms with Gasteiger partial charge in [0.15, 0.2) is 0 Å². The molecule has 1 heteroatoms. The molecule has 1 nitrogen and oxygen atoms in total. The first-order chi connectivity index (χ1) is 4.91. The maximum absolute atomic E-state index is 9.74. The van der Waals surface area contributed by atoms with Gasteiger partial charge in [0.05, 0.1) is 6.10 Å². The first kappa shape index (κ1) is 4.10. The van der Waals surface area contributed by atoms with Crippen LogP contribution in [0, 0.1) is 47.3 Å². The van der Waals surface area contributed by atoms with Gasteiger partial charge < -0.3 is 5.11 Å². The third-order valence-electron chi connectivity index (χ3n) is 5.40. The number of hydrogen-bond acceptors (Lipinski definition) is 1. The Morgan fingerprint density at radius 2 is 0.800 bits per heavy atom. The summed E-state index contributed by atoms with van der Waals surface area (Å²) in [7, 11) is 0. The van der Waals surface area contributed by atoms with Crippen molar-refractivity contribution in [2.75, 3.05) is 0 Å². The zero-order valence-corrected chi connectivity index (χ0v) is 5.64. The molecule has 0 aromatic rings. The fourth-order valence-corrected chi connectivity index (χ4v) is 5.53. The van der Waals surface area contributed by atoms with Gasteiger partial charge in [0.25, 0.3) is 0 Å². The lowest BCUT2D eigenvalue weighted by Crippen LogP contribution is -2.17. The Labute approximate surface area is 59.4 Å². The molecule has 4 unspecified atom stereocenters. The highest BCUT2D eigenvalue weighted by molar-refractivity contribution is 5.40. The van der Waals surface area contributed by atoms with E-state index in [9.17, 15) is 5.11 Å². The van der Waals surface area contributed by atoms with E-state index in [2.05, 4.69) is 0 Å². The minimum Gasteiger partial charge on any atom is -0.393 e. The second-order valence-electron chi connectivity index (χ2n) is 5.11. The molecule has 52 valence electrons. The Bertz CT molecular complexity index is 210. The minimum absolute atomic E-state index is 0.167. The fourth-order valence-electron chi connectivity index (χ4n) is 5.53. The molecule has 0 amide bonds. The van der Waals surface area contributed by atoms with Gasteiger partial charge in [0.2, 0.25) is 0 Å². The molecule has 10 heavy (non-hydrogen) atoms. The fraction of sp³-hybridized carbons (Fsp3) is 1.00. The Hall–Kier alpha value is -0.0400. The Kier molecular flexibility index (Phi) is 0.320. The molecule has 6 rings (SSSR count). The van der Waals surface area contributed by atoms with Crippen molar-refractivity contribution in [3.63, 3.8) is 0 Å². The quantitative estimate of drug-likeness (QED) is 0.506. The van der Waals surface area contributed by atoms with Crippen molar-refractivity contribution in [1.82, 2.24) is 0 Å². The maximum Gasteiger partial charge on any atom is 0.0607 e. The van der Waals surface area contributed by atoms with Gasteiger partial charge in [-0.2, -0.15) is 0 Å². The zero-order valence-electron chi connectivity index (χ0n) is 5.64. The second-order valence-corrected chi connectivity index (χ2v) is 5.11. The monoisotopic (exact) mass is 134 g/mol. The Morgan fingerprint density at radius 1 is 0.500 bits per heavy atom. The third kappa shape index (κ3) is 0.168. The first-order valence-corrected chi connectivity index (χ1v) is 4.59. The van der Waals surface area contributed by atoms with Gasteiger partial charge in [-0.3, -0.25) is 0 Å². The van der Waals surface area contributed by atoms with E-state index in [4.69, 9.17) is 0 Å². The standard InChI is InChI=1S/C9H10O/c10-9-7-3-1-2-5(7)6(2)8(9)4(1)3/h1-10H. The van der Waals surface area contributed by atoms with Gasteiger partial charge in [-0.05, 0) is 47.3 Å². The highest BCUT2D eigenvalue weighted by atomic mass is 16.3. The van der Waals surface area contributed by atoms with Gasteiger partial charge in [-0.15, -0.1) is 0 Å². The summed E-state index contributed by atoms with van der Waals surface area (Å²) >= 11 is 0. The van der Waals surface area contributed by atoms with E-state index in [1.807, 2.05) is 0 Å². The van der Waals surface area contributed by atoms with E-state index >= 15 is 0 Å². The van der Waals surface area contributed by atoms with Crippen LogP contribution in [0.4, 0.5) is 0 Å². The van der Waals surface area contributed by atoms with E-state index in [0.29, 0.717) is 0 Å². The van der Waals surface area contributed by atoms with Crippen molar-refractivity contribution in [2.45, 2.75) is 6.10 Å². The average Bonchev–Trinajstić information content (AvgIpc) is 2.70. The van der Waals surface area contributed by atoms with Crippen molar-refractivity contribution < 1.29 is 5.11 Å². The summed E-state index contributed by atoms with van der Waals surface area (Å²) in [4.78, 5) is 0. The van der Waals surface area contributed by atoms with Gasteiger partial charge in [-0.25, -0.2) is 0 Å². The van der Waals surface area contributed by atoms with Gasteiger partial charge in [-0.1, -0.05) is 0 Å². The molecule has 0 aromatic heterocycles. The molecule has 6 fully saturated rings. The van der Waals surface area contributed by atoms with Crippen LogP contribution in [0.5, 0.6) is 0 Å². The van der Waals surface area contributed by atoms with Crippen molar-refractivity contribution in [1.29, 1.82) is 0 Å². The van der Waals surface area contributed by atoms with Gasteiger partial charge in [0.1, 0.15) is 0 Å². The van der Waals surface area contributed by atoms with Gasteiger partial charge >= 0.3 is 0 Å². The number of rotatable bonds is 0. The molecule has 0 spiro atoms. The molecule has 2 bridgehead atoms. The van der Waals surface area contributed by atoms with Crippen LogP contribution in [-0.2, 0) is 0 Å². The largest absolute Gasteiger partial charge is 0.393 e. The summed E-state index contributed by atoms with van der Waals surface area (Å²) in [5.41, 5.74) is 0. The summed E-state index contributed by atoms with van der Waals surface area (Å²) in [6, 6.07) is 0. The Balaban J connectivity index is 1.93. The minimum atomic E-state index is 0.167. The molecule has 0 saturated heterocycles. The predicted molar refractivity (Wildman–Crippen MR) is 33.9 cm³/mol.